The van der Waals surface area contributed by atoms with Gasteiger partial charge in [-0.05, 0) is 54.0 Å². The highest BCUT2D eigenvalue weighted by molar-refractivity contribution is 6.30. The third-order valence-corrected chi connectivity index (χ3v) is 5.06. The van der Waals surface area contributed by atoms with Crippen LogP contribution in [0.15, 0.2) is 75.0 Å². The molecule has 0 saturated heterocycles. The molecule has 2 aromatic heterocycles. The Kier molecular flexibility index (Phi) is 6.57. The highest BCUT2D eigenvalue weighted by Gasteiger charge is 2.17. The summed E-state index contributed by atoms with van der Waals surface area (Å²) in [4.78, 5) is 29.8. The number of hydrogen-bond acceptors (Lipinski definition) is 8. The standard InChI is InChI=1S/C22H20ClN5O5/c1-14(13-29)28-21(30)25-20(27(22(28)31)12-15-2-4-16(23)5-3-15)24-17-6-8-18(9-7-17)33-19-10-11-32-26-19/h2-11,14,29H,12-13H2,1H3,(H,24,25,30)/t14-/m1/s1. The maximum atomic E-state index is 13.2. The number of benzene rings is 2. The predicted molar refractivity (Wildman–Crippen MR) is 121 cm³/mol. The Morgan fingerprint density at radius 3 is 2.48 bits per heavy atom. The minimum Gasteiger partial charge on any atom is -0.436 e. The Balaban J connectivity index is 1.68. The zero-order chi connectivity index (χ0) is 23.4. The molecule has 0 amide bonds. The average Bonchev–Trinajstić information content (AvgIpc) is 3.32. The zero-order valence-electron chi connectivity index (χ0n) is 17.5. The Morgan fingerprint density at radius 1 is 1.12 bits per heavy atom. The lowest BCUT2D eigenvalue weighted by molar-refractivity contribution is 0.229. The molecular weight excluding hydrogens is 450 g/mol. The van der Waals surface area contributed by atoms with Gasteiger partial charge in [-0.15, -0.1) is 0 Å². The highest BCUT2D eigenvalue weighted by atomic mass is 35.5. The predicted octanol–water partition coefficient (Wildman–Crippen LogP) is 3.18. The van der Waals surface area contributed by atoms with Crippen LogP contribution in [0.5, 0.6) is 11.6 Å². The molecule has 2 heterocycles. The van der Waals surface area contributed by atoms with Gasteiger partial charge in [0.05, 0.1) is 19.2 Å². The van der Waals surface area contributed by atoms with Crippen molar-refractivity contribution in [2.75, 3.05) is 11.9 Å². The molecule has 0 fully saturated rings. The lowest BCUT2D eigenvalue weighted by Gasteiger charge is -2.18. The van der Waals surface area contributed by atoms with E-state index in [4.69, 9.17) is 20.9 Å². The molecule has 0 saturated carbocycles. The first kappa shape index (κ1) is 22.3. The molecule has 2 N–H and O–H groups in total. The van der Waals surface area contributed by atoms with Crippen molar-refractivity contribution in [2.24, 2.45) is 0 Å². The van der Waals surface area contributed by atoms with Crippen LogP contribution >= 0.6 is 11.6 Å². The van der Waals surface area contributed by atoms with Crippen LogP contribution in [0.2, 0.25) is 5.02 Å². The van der Waals surface area contributed by atoms with E-state index in [1.54, 1.807) is 61.5 Å². The molecule has 1 atom stereocenters. The van der Waals surface area contributed by atoms with Gasteiger partial charge in [0.2, 0.25) is 5.95 Å². The van der Waals surface area contributed by atoms with Crippen molar-refractivity contribution >= 4 is 23.2 Å². The SMILES string of the molecule is C[C@H](CO)n1c(=O)nc(Nc2ccc(Oc3ccon3)cc2)n(Cc2ccc(Cl)cc2)c1=O. The fourth-order valence-corrected chi connectivity index (χ4v) is 3.21. The van der Waals surface area contributed by atoms with Crippen LogP contribution in [0.4, 0.5) is 11.6 Å². The molecular formula is C22H20ClN5O5. The van der Waals surface area contributed by atoms with Gasteiger partial charge in [-0.2, -0.15) is 4.98 Å². The number of nitrogens with one attached hydrogen (secondary N) is 1. The third-order valence-electron chi connectivity index (χ3n) is 4.81. The summed E-state index contributed by atoms with van der Waals surface area (Å²) in [5, 5.41) is 16.7. The van der Waals surface area contributed by atoms with Gasteiger partial charge in [0.25, 0.3) is 5.88 Å². The van der Waals surface area contributed by atoms with Crippen LogP contribution in [0.1, 0.15) is 18.5 Å². The fraction of sp³-hybridized carbons (Fsp3) is 0.182. The molecule has 0 radical (unpaired) electrons. The summed E-state index contributed by atoms with van der Waals surface area (Å²) < 4.78 is 12.5. The molecule has 170 valence electrons. The van der Waals surface area contributed by atoms with Crippen LogP contribution in [0.3, 0.4) is 0 Å². The summed E-state index contributed by atoms with van der Waals surface area (Å²) in [6, 6.07) is 14.6. The van der Waals surface area contributed by atoms with Crippen molar-refractivity contribution in [2.45, 2.75) is 19.5 Å². The van der Waals surface area contributed by atoms with Gasteiger partial charge in [-0.3, -0.25) is 4.57 Å². The molecule has 4 aromatic rings. The van der Waals surface area contributed by atoms with E-state index in [2.05, 4.69) is 15.5 Å². The second kappa shape index (κ2) is 9.72. The fourth-order valence-electron chi connectivity index (χ4n) is 3.09. The molecule has 0 aliphatic carbocycles. The number of aliphatic hydroxyl groups is 1. The number of anilines is 2. The van der Waals surface area contributed by atoms with E-state index < -0.39 is 17.4 Å². The Morgan fingerprint density at radius 2 is 1.85 bits per heavy atom. The molecule has 0 aliphatic rings. The number of aliphatic hydroxyl groups excluding tert-OH is 1. The van der Waals surface area contributed by atoms with Gasteiger partial charge in [0.1, 0.15) is 12.0 Å². The maximum Gasteiger partial charge on any atom is 0.355 e. The van der Waals surface area contributed by atoms with E-state index in [-0.39, 0.29) is 19.1 Å². The highest BCUT2D eigenvalue weighted by Crippen LogP contribution is 2.23. The number of halogens is 1. The number of hydrogen-bond donors (Lipinski definition) is 2. The molecule has 33 heavy (non-hydrogen) atoms. The Hall–Kier alpha value is -3.89. The van der Waals surface area contributed by atoms with Gasteiger partial charge in [0, 0.05) is 16.8 Å². The minimum atomic E-state index is -0.762. The topological polar surface area (TPSA) is 124 Å². The number of aromatic nitrogens is 4. The molecule has 0 spiro atoms. The second-order valence-electron chi connectivity index (χ2n) is 7.20. The van der Waals surface area contributed by atoms with E-state index >= 15 is 0 Å². The van der Waals surface area contributed by atoms with Crippen molar-refractivity contribution in [3.05, 3.63) is 92.4 Å². The molecule has 2 aromatic carbocycles. The van der Waals surface area contributed by atoms with Gasteiger partial charge in [0.15, 0.2) is 0 Å². The zero-order valence-corrected chi connectivity index (χ0v) is 18.3. The molecule has 0 unspecified atom stereocenters. The quantitative estimate of drug-likeness (QED) is 0.403. The summed E-state index contributed by atoms with van der Waals surface area (Å²) in [5.74, 6) is 0.899. The maximum absolute atomic E-state index is 13.2. The normalized spacial score (nSPS) is 11.8. The Bertz CT molecular complexity index is 1330. The van der Waals surface area contributed by atoms with Crippen LogP contribution in [-0.2, 0) is 6.54 Å². The van der Waals surface area contributed by atoms with Gasteiger partial charge >= 0.3 is 11.4 Å². The summed E-state index contributed by atoms with van der Waals surface area (Å²) in [7, 11) is 0. The lowest BCUT2D eigenvalue weighted by Crippen LogP contribution is -2.44. The smallest absolute Gasteiger partial charge is 0.355 e. The first-order valence-corrected chi connectivity index (χ1v) is 10.4. The largest absolute Gasteiger partial charge is 0.436 e. The van der Waals surface area contributed by atoms with Crippen LogP contribution in [0.25, 0.3) is 0 Å². The third kappa shape index (κ3) is 5.13. The van der Waals surface area contributed by atoms with Crippen molar-refractivity contribution in [3.8, 4) is 11.6 Å². The van der Waals surface area contributed by atoms with Crippen molar-refractivity contribution in [1.29, 1.82) is 0 Å². The van der Waals surface area contributed by atoms with E-state index in [0.717, 1.165) is 10.1 Å². The van der Waals surface area contributed by atoms with Crippen LogP contribution < -0.4 is 21.4 Å². The van der Waals surface area contributed by atoms with Crippen molar-refractivity contribution in [3.63, 3.8) is 0 Å². The average molecular weight is 470 g/mol. The van der Waals surface area contributed by atoms with E-state index in [0.29, 0.717) is 22.3 Å². The van der Waals surface area contributed by atoms with Crippen molar-refractivity contribution in [1.82, 2.24) is 19.3 Å². The first-order chi connectivity index (χ1) is 15.9. The number of ether oxygens (including phenoxy) is 1. The first-order valence-electron chi connectivity index (χ1n) is 9.98. The number of rotatable bonds is 8. The van der Waals surface area contributed by atoms with E-state index in [9.17, 15) is 14.7 Å². The molecule has 0 aliphatic heterocycles. The minimum absolute atomic E-state index is 0.0616. The van der Waals surface area contributed by atoms with Gasteiger partial charge in [-0.25, -0.2) is 14.2 Å². The molecule has 0 bridgehead atoms. The monoisotopic (exact) mass is 469 g/mol. The molecule has 4 rings (SSSR count). The summed E-state index contributed by atoms with van der Waals surface area (Å²) in [6.45, 7) is 1.33. The summed E-state index contributed by atoms with van der Waals surface area (Å²) in [6.07, 6.45) is 1.40. The number of nitrogens with zero attached hydrogens (tertiary/aromatic N) is 4. The molecule has 11 heteroatoms. The molecule has 10 nitrogen and oxygen atoms in total. The van der Waals surface area contributed by atoms with E-state index in [1.807, 2.05) is 0 Å². The van der Waals surface area contributed by atoms with Crippen LogP contribution in [-0.4, -0.2) is 31.0 Å². The van der Waals surface area contributed by atoms with Crippen LogP contribution in [0, 0.1) is 0 Å². The second-order valence-corrected chi connectivity index (χ2v) is 7.64. The van der Waals surface area contributed by atoms with Gasteiger partial charge in [-0.1, -0.05) is 23.7 Å². The van der Waals surface area contributed by atoms with E-state index in [1.165, 1.54) is 10.8 Å². The lowest BCUT2D eigenvalue weighted by atomic mass is 10.2. The summed E-state index contributed by atoms with van der Waals surface area (Å²) >= 11 is 5.96. The van der Waals surface area contributed by atoms with Gasteiger partial charge < -0.3 is 19.7 Å². The summed E-state index contributed by atoms with van der Waals surface area (Å²) in [5.41, 5.74) is -0.00134. The Labute approximate surface area is 192 Å². The van der Waals surface area contributed by atoms with Crippen molar-refractivity contribution < 1.29 is 14.4 Å².